The number of benzene rings is 1. The minimum Gasteiger partial charge on any atom is -0.454 e. The molecular formula is C17H19BrN2O2S. The van der Waals surface area contributed by atoms with Gasteiger partial charge in [0.15, 0.2) is 11.5 Å². The summed E-state index contributed by atoms with van der Waals surface area (Å²) in [7, 11) is 0. The Morgan fingerprint density at radius 2 is 2.00 bits per heavy atom. The number of ether oxygens (including phenoxy) is 2. The molecule has 2 aliphatic rings. The van der Waals surface area contributed by atoms with Gasteiger partial charge in [-0.15, -0.1) is 11.3 Å². The SMILES string of the molecule is Brc1ccc(C(c2ccc3c(c2)OCO3)N2CCCNCC2)s1. The van der Waals surface area contributed by atoms with Gasteiger partial charge >= 0.3 is 0 Å². The van der Waals surface area contributed by atoms with E-state index in [4.69, 9.17) is 9.47 Å². The smallest absolute Gasteiger partial charge is 0.231 e. The van der Waals surface area contributed by atoms with Gasteiger partial charge in [0.25, 0.3) is 0 Å². The molecule has 0 bridgehead atoms. The topological polar surface area (TPSA) is 33.7 Å². The Labute approximate surface area is 148 Å². The Morgan fingerprint density at radius 1 is 1.09 bits per heavy atom. The van der Waals surface area contributed by atoms with Crippen molar-refractivity contribution in [2.45, 2.75) is 12.5 Å². The number of hydrogen-bond donors (Lipinski definition) is 1. The normalized spacial score (nSPS) is 19.5. The predicted octanol–water partition coefficient (Wildman–Crippen LogP) is 3.62. The fourth-order valence-electron chi connectivity index (χ4n) is 3.24. The van der Waals surface area contributed by atoms with Gasteiger partial charge in [0.05, 0.1) is 9.83 Å². The van der Waals surface area contributed by atoms with E-state index in [9.17, 15) is 0 Å². The lowest BCUT2D eigenvalue weighted by atomic mass is 10.0. The summed E-state index contributed by atoms with van der Waals surface area (Å²) in [6.45, 7) is 4.60. The Balaban J connectivity index is 1.72. The van der Waals surface area contributed by atoms with Crippen molar-refractivity contribution in [2.24, 2.45) is 0 Å². The highest BCUT2D eigenvalue weighted by molar-refractivity contribution is 9.11. The second kappa shape index (κ2) is 6.81. The van der Waals surface area contributed by atoms with Crippen LogP contribution in [0.3, 0.4) is 0 Å². The molecule has 3 heterocycles. The average Bonchev–Trinajstić information content (AvgIpc) is 3.10. The fraction of sp³-hybridized carbons (Fsp3) is 0.412. The van der Waals surface area contributed by atoms with Gasteiger partial charge in [-0.2, -0.15) is 0 Å². The monoisotopic (exact) mass is 394 g/mol. The number of nitrogens with one attached hydrogen (secondary N) is 1. The van der Waals surface area contributed by atoms with E-state index in [0.717, 1.165) is 37.7 Å². The summed E-state index contributed by atoms with van der Waals surface area (Å²) in [5.41, 5.74) is 1.27. The minimum atomic E-state index is 0.265. The number of nitrogens with zero attached hydrogens (tertiary/aromatic N) is 1. The van der Waals surface area contributed by atoms with Crippen LogP contribution in [0.15, 0.2) is 34.1 Å². The molecule has 1 saturated heterocycles. The van der Waals surface area contributed by atoms with Crippen LogP contribution in [0.5, 0.6) is 11.5 Å². The number of fused-ring (bicyclic) bond motifs is 1. The van der Waals surface area contributed by atoms with Crippen LogP contribution in [-0.2, 0) is 0 Å². The summed E-state index contributed by atoms with van der Waals surface area (Å²) in [4.78, 5) is 3.92. The second-order valence-electron chi connectivity index (χ2n) is 5.80. The quantitative estimate of drug-likeness (QED) is 0.861. The van der Waals surface area contributed by atoms with Gasteiger partial charge in [-0.05, 0) is 58.7 Å². The van der Waals surface area contributed by atoms with Crippen molar-refractivity contribution in [3.8, 4) is 11.5 Å². The van der Waals surface area contributed by atoms with Crippen molar-refractivity contribution in [2.75, 3.05) is 33.0 Å². The number of thiophene rings is 1. The minimum absolute atomic E-state index is 0.265. The van der Waals surface area contributed by atoms with Crippen molar-refractivity contribution in [3.63, 3.8) is 0 Å². The van der Waals surface area contributed by atoms with Crippen molar-refractivity contribution in [3.05, 3.63) is 44.6 Å². The summed E-state index contributed by atoms with van der Waals surface area (Å²) in [5, 5.41) is 3.49. The van der Waals surface area contributed by atoms with E-state index in [2.05, 4.69) is 50.4 Å². The van der Waals surface area contributed by atoms with Gasteiger partial charge < -0.3 is 14.8 Å². The molecule has 1 unspecified atom stereocenters. The largest absolute Gasteiger partial charge is 0.454 e. The van der Waals surface area contributed by atoms with Crippen LogP contribution >= 0.6 is 27.3 Å². The number of rotatable bonds is 3. The van der Waals surface area contributed by atoms with Crippen LogP contribution in [0.1, 0.15) is 22.9 Å². The Morgan fingerprint density at radius 3 is 2.87 bits per heavy atom. The second-order valence-corrected chi connectivity index (χ2v) is 8.29. The van der Waals surface area contributed by atoms with E-state index in [1.807, 2.05) is 6.07 Å². The first-order valence-electron chi connectivity index (χ1n) is 7.91. The zero-order valence-electron chi connectivity index (χ0n) is 12.8. The molecule has 4 nitrogen and oxygen atoms in total. The maximum atomic E-state index is 5.58. The van der Waals surface area contributed by atoms with Crippen LogP contribution in [0.25, 0.3) is 0 Å². The van der Waals surface area contributed by atoms with E-state index >= 15 is 0 Å². The molecule has 0 spiro atoms. The third-order valence-electron chi connectivity index (χ3n) is 4.32. The summed E-state index contributed by atoms with van der Waals surface area (Å²) < 4.78 is 12.2. The van der Waals surface area contributed by atoms with Gasteiger partial charge in [-0.25, -0.2) is 0 Å². The fourth-order valence-corrected chi connectivity index (χ4v) is 4.83. The third-order valence-corrected chi connectivity index (χ3v) is 5.99. The molecule has 0 aliphatic carbocycles. The lowest BCUT2D eigenvalue weighted by Crippen LogP contribution is -2.32. The zero-order valence-corrected chi connectivity index (χ0v) is 15.2. The number of halogens is 1. The Bertz CT molecular complexity index is 683. The molecule has 6 heteroatoms. The van der Waals surface area contributed by atoms with Gasteiger partial charge in [-0.3, -0.25) is 4.90 Å². The van der Waals surface area contributed by atoms with E-state index in [0.29, 0.717) is 6.79 Å². The first kappa shape index (κ1) is 15.4. The van der Waals surface area contributed by atoms with Crippen molar-refractivity contribution in [1.29, 1.82) is 0 Å². The summed E-state index contributed by atoms with van der Waals surface area (Å²) in [5.74, 6) is 1.70. The van der Waals surface area contributed by atoms with Gasteiger partial charge in [-0.1, -0.05) is 6.07 Å². The molecule has 122 valence electrons. The van der Waals surface area contributed by atoms with E-state index in [1.54, 1.807) is 11.3 Å². The molecule has 1 atom stereocenters. The molecule has 2 aliphatic heterocycles. The zero-order chi connectivity index (χ0) is 15.6. The molecule has 0 radical (unpaired) electrons. The van der Waals surface area contributed by atoms with Crippen LogP contribution in [-0.4, -0.2) is 37.9 Å². The molecule has 0 amide bonds. The molecule has 1 aromatic carbocycles. The van der Waals surface area contributed by atoms with Gasteiger partial charge in [0.2, 0.25) is 6.79 Å². The maximum absolute atomic E-state index is 5.58. The molecular weight excluding hydrogens is 376 g/mol. The van der Waals surface area contributed by atoms with Gasteiger partial charge in [0.1, 0.15) is 0 Å². The Kier molecular flexibility index (Phi) is 4.57. The standard InChI is InChI=1S/C17H19BrN2O2S/c18-16-5-4-15(23-16)17(20-8-1-6-19-7-9-20)12-2-3-13-14(10-12)22-11-21-13/h2-5,10,17,19H,1,6-9,11H2. The first-order chi connectivity index (χ1) is 11.3. The highest BCUT2D eigenvalue weighted by Gasteiger charge is 2.26. The highest BCUT2D eigenvalue weighted by atomic mass is 79.9. The summed E-state index contributed by atoms with van der Waals surface area (Å²) in [6, 6.07) is 11.0. The van der Waals surface area contributed by atoms with Crippen LogP contribution in [0.4, 0.5) is 0 Å². The van der Waals surface area contributed by atoms with Gasteiger partial charge in [0, 0.05) is 24.5 Å². The van der Waals surface area contributed by atoms with E-state index in [-0.39, 0.29) is 6.04 Å². The molecule has 23 heavy (non-hydrogen) atoms. The summed E-state index contributed by atoms with van der Waals surface area (Å²) in [6.07, 6.45) is 1.17. The lowest BCUT2D eigenvalue weighted by Gasteiger charge is -2.30. The van der Waals surface area contributed by atoms with Crippen molar-refractivity contribution < 1.29 is 9.47 Å². The van der Waals surface area contributed by atoms with E-state index in [1.165, 1.54) is 20.6 Å². The van der Waals surface area contributed by atoms with Crippen LogP contribution < -0.4 is 14.8 Å². The molecule has 1 N–H and O–H groups in total. The maximum Gasteiger partial charge on any atom is 0.231 e. The van der Waals surface area contributed by atoms with E-state index < -0.39 is 0 Å². The lowest BCUT2D eigenvalue weighted by molar-refractivity contribution is 0.174. The third kappa shape index (κ3) is 3.26. The number of hydrogen-bond acceptors (Lipinski definition) is 5. The molecule has 1 fully saturated rings. The first-order valence-corrected chi connectivity index (χ1v) is 9.52. The van der Waals surface area contributed by atoms with Crippen molar-refractivity contribution >= 4 is 27.3 Å². The average molecular weight is 395 g/mol. The molecule has 4 rings (SSSR count). The molecule has 0 saturated carbocycles. The summed E-state index contributed by atoms with van der Waals surface area (Å²) >= 11 is 5.41. The highest BCUT2D eigenvalue weighted by Crippen LogP contribution is 2.40. The van der Waals surface area contributed by atoms with Crippen LogP contribution in [0.2, 0.25) is 0 Å². The van der Waals surface area contributed by atoms with Crippen LogP contribution in [0, 0.1) is 0 Å². The molecule has 2 aromatic rings. The molecule has 1 aromatic heterocycles. The predicted molar refractivity (Wildman–Crippen MR) is 95.5 cm³/mol. The Hall–Kier alpha value is -1.08. The van der Waals surface area contributed by atoms with Crippen molar-refractivity contribution in [1.82, 2.24) is 10.2 Å².